The standard InChI is InChI=1S/C25H36N4O7/c1-15-13-29(14-16(2)36-15)25(34)19-9-10-21(31)28-22(17(3)30)24(33)26-11-6-12-35-20-8-5-4-7-18(20)23(32)27-19/h4-5,7-8,15-17,19,22,30H,6,9-14H2,1-3H3,(H,26,33)(H,27,32)(H,28,31)/t15-,16+,17-,19+,22+/m1/s1. The molecule has 1 saturated heterocycles. The summed E-state index contributed by atoms with van der Waals surface area (Å²) in [4.78, 5) is 53.5. The first-order valence-corrected chi connectivity index (χ1v) is 12.4. The highest BCUT2D eigenvalue weighted by Crippen LogP contribution is 2.20. The Morgan fingerprint density at radius 2 is 1.81 bits per heavy atom. The number of aliphatic hydroxyl groups is 1. The predicted molar refractivity (Wildman–Crippen MR) is 130 cm³/mol. The first-order chi connectivity index (χ1) is 17.2. The summed E-state index contributed by atoms with van der Waals surface area (Å²) in [7, 11) is 0. The number of fused-ring (bicyclic) bond motifs is 1. The van der Waals surface area contributed by atoms with Crippen LogP contribution < -0.4 is 20.7 Å². The topological polar surface area (TPSA) is 146 Å². The number of hydrogen-bond donors (Lipinski definition) is 4. The molecule has 0 unspecified atom stereocenters. The molecule has 0 saturated carbocycles. The fraction of sp³-hybridized carbons (Fsp3) is 0.600. The third-order valence-corrected chi connectivity index (χ3v) is 6.09. The molecule has 0 aromatic heterocycles. The molecular formula is C25H36N4O7. The van der Waals surface area contributed by atoms with Gasteiger partial charge in [-0.05, 0) is 45.7 Å². The lowest BCUT2D eigenvalue weighted by Gasteiger charge is -2.37. The van der Waals surface area contributed by atoms with Crippen molar-refractivity contribution >= 4 is 23.6 Å². The summed E-state index contributed by atoms with van der Waals surface area (Å²) >= 11 is 0. The molecule has 2 aliphatic heterocycles. The molecule has 0 bridgehead atoms. The molecule has 5 atom stereocenters. The number of aliphatic hydroxyl groups excluding tert-OH is 1. The molecular weight excluding hydrogens is 468 g/mol. The number of para-hydroxylation sites is 1. The van der Waals surface area contributed by atoms with Gasteiger partial charge in [-0.1, -0.05) is 12.1 Å². The van der Waals surface area contributed by atoms with E-state index in [2.05, 4.69) is 16.0 Å². The molecule has 3 rings (SSSR count). The van der Waals surface area contributed by atoms with Crippen molar-refractivity contribution < 1.29 is 33.8 Å². The fourth-order valence-corrected chi connectivity index (χ4v) is 4.35. The molecule has 2 aliphatic rings. The zero-order valence-corrected chi connectivity index (χ0v) is 21.0. The summed E-state index contributed by atoms with van der Waals surface area (Å²) in [6, 6.07) is 4.58. The van der Waals surface area contributed by atoms with Gasteiger partial charge in [-0.15, -0.1) is 0 Å². The zero-order valence-electron chi connectivity index (χ0n) is 21.0. The molecule has 0 radical (unpaired) electrons. The van der Waals surface area contributed by atoms with Crippen LogP contribution in [0.15, 0.2) is 24.3 Å². The Balaban J connectivity index is 1.86. The normalized spacial score (nSPS) is 27.6. The lowest BCUT2D eigenvalue weighted by Crippen LogP contribution is -2.55. The molecule has 1 aromatic carbocycles. The number of morpholine rings is 1. The number of nitrogens with one attached hydrogen (secondary N) is 3. The van der Waals surface area contributed by atoms with Gasteiger partial charge in [-0.3, -0.25) is 19.2 Å². The molecule has 4 amide bonds. The fourth-order valence-electron chi connectivity index (χ4n) is 4.35. The number of carbonyl (C=O) groups excluding carboxylic acids is 4. The molecule has 1 aromatic rings. The van der Waals surface area contributed by atoms with Gasteiger partial charge in [0, 0.05) is 26.1 Å². The summed E-state index contributed by atoms with van der Waals surface area (Å²) in [5.41, 5.74) is 0.272. The quantitative estimate of drug-likeness (QED) is 0.442. The number of benzene rings is 1. The van der Waals surface area contributed by atoms with E-state index in [1.807, 2.05) is 13.8 Å². The summed E-state index contributed by atoms with van der Waals surface area (Å²) in [6.45, 7) is 6.38. The van der Waals surface area contributed by atoms with Crippen LogP contribution in [0.5, 0.6) is 5.75 Å². The molecule has 0 aliphatic carbocycles. The van der Waals surface area contributed by atoms with E-state index < -0.39 is 35.9 Å². The summed E-state index contributed by atoms with van der Waals surface area (Å²) < 4.78 is 11.5. The molecule has 2 heterocycles. The van der Waals surface area contributed by atoms with Crippen molar-refractivity contribution in [2.75, 3.05) is 26.2 Å². The predicted octanol–water partition coefficient (Wildman–Crippen LogP) is -0.0347. The van der Waals surface area contributed by atoms with Crippen molar-refractivity contribution in [2.24, 2.45) is 0 Å². The Kier molecular flexibility index (Phi) is 9.65. The van der Waals surface area contributed by atoms with Gasteiger partial charge in [0.25, 0.3) is 5.91 Å². The zero-order chi connectivity index (χ0) is 26.2. The van der Waals surface area contributed by atoms with Crippen LogP contribution >= 0.6 is 0 Å². The molecule has 0 spiro atoms. The second-order valence-corrected chi connectivity index (χ2v) is 9.34. The van der Waals surface area contributed by atoms with Gasteiger partial charge in [-0.25, -0.2) is 0 Å². The number of nitrogens with zero attached hydrogens (tertiary/aromatic N) is 1. The van der Waals surface area contributed by atoms with Crippen LogP contribution in [0.3, 0.4) is 0 Å². The van der Waals surface area contributed by atoms with E-state index in [1.54, 1.807) is 29.2 Å². The van der Waals surface area contributed by atoms with Gasteiger partial charge in [0.1, 0.15) is 17.8 Å². The van der Waals surface area contributed by atoms with E-state index in [0.717, 1.165) is 0 Å². The summed E-state index contributed by atoms with van der Waals surface area (Å²) in [5.74, 6) is -1.47. The molecule has 198 valence electrons. The molecule has 11 heteroatoms. The first kappa shape index (κ1) is 27.4. The number of ether oxygens (including phenoxy) is 2. The summed E-state index contributed by atoms with van der Waals surface area (Å²) in [6.07, 6.45) is -1.14. The van der Waals surface area contributed by atoms with E-state index >= 15 is 0 Å². The minimum Gasteiger partial charge on any atom is -0.493 e. The monoisotopic (exact) mass is 504 g/mol. The van der Waals surface area contributed by atoms with Crippen molar-refractivity contribution in [3.63, 3.8) is 0 Å². The van der Waals surface area contributed by atoms with Gasteiger partial charge < -0.3 is 35.4 Å². The Hall–Kier alpha value is -3.18. The van der Waals surface area contributed by atoms with Gasteiger partial charge >= 0.3 is 0 Å². The molecule has 11 nitrogen and oxygen atoms in total. The van der Waals surface area contributed by atoms with Crippen LogP contribution in [0, 0.1) is 0 Å². The SMILES string of the molecule is C[C@@H]1CN(C(=O)[C@@H]2CCC(=O)N[C@@H]([C@@H](C)O)C(=O)NCCCOc3ccccc3C(=O)N2)C[C@H](C)O1. The van der Waals surface area contributed by atoms with Crippen LogP contribution in [0.25, 0.3) is 0 Å². The molecule has 4 N–H and O–H groups in total. The highest BCUT2D eigenvalue weighted by molar-refractivity contribution is 6.00. The van der Waals surface area contributed by atoms with Crippen LogP contribution in [-0.4, -0.2) is 90.3 Å². The van der Waals surface area contributed by atoms with E-state index in [9.17, 15) is 24.3 Å². The van der Waals surface area contributed by atoms with Crippen molar-refractivity contribution in [1.29, 1.82) is 0 Å². The maximum absolute atomic E-state index is 13.5. The highest BCUT2D eigenvalue weighted by Gasteiger charge is 2.33. The highest BCUT2D eigenvalue weighted by atomic mass is 16.5. The number of amides is 4. The average Bonchev–Trinajstić information content (AvgIpc) is 2.83. The third-order valence-electron chi connectivity index (χ3n) is 6.09. The number of rotatable bonds is 2. The van der Waals surface area contributed by atoms with Crippen LogP contribution in [0.4, 0.5) is 0 Å². The largest absolute Gasteiger partial charge is 0.493 e. The third kappa shape index (κ3) is 7.41. The number of carbonyl (C=O) groups is 4. The molecule has 36 heavy (non-hydrogen) atoms. The van der Waals surface area contributed by atoms with E-state index in [-0.39, 0.29) is 49.7 Å². The Bertz CT molecular complexity index is 944. The lowest BCUT2D eigenvalue weighted by molar-refractivity contribution is -0.145. The van der Waals surface area contributed by atoms with Gasteiger partial charge in [-0.2, -0.15) is 0 Å². The van der Waals surface area contributed by atoms with E-state index in [4.69, 9.17) is 9.47 Å². The van der Waals surface area contributed by atoms with Gasteiger partial charge in [0.15, 0.2) is 0 Å². The number of hydrogen-bond acceptors (Lipinski definition) is 7. The van der Waals surface area contributed by atoms with E-state index in [0.29, 0.717) is 25.3 Å². The van der Waals surface area contributed by atoms with E-state index in [1.165, 1.54) is 6.92 Å². The van der Waals surface area contributed by atoms with Crippen LogP contribution in [0.1, 0.15) is 50.4 Å². The second kappa shape index (κ2) is 12.7. The lowest BCUT2D eigenvalue weighted by atomic mass is 10.1. The van der Waals surface area contributed by atoms with Gasteiger partial charge in [0.2, 0.25) is 17.7 Å². The maximum atomic E-state index is 13.5. The van der Waals surface area contributed by atoms with Crippen molar-refractivity contribution in [3.8, 4) is 5.75 Å². The van der Waals surface area contributed by atoms with Crippen molar-refractivity contribution in [3.05, 3.63) is 29.8 Å². The van der Waals surface area contributed by atoms with Crippen molar-refractivity contribution in [2.45, 2.75) is 70.4 Å². The average molecular weight is 505 g/mol. The Morgan fingerprint density at radius 3 is 2.50 bits per heavy atom. The van der Waals surface area contributed by atoms with Crippen LogP contribution in [0.2, 0.25) is 0 Å². The second-order valence-electron chi connectivity index (χ2n) is 9.34. The maximum Gasteiger partial charge on any atom is 0.255 e. The minimum absolute atomic E-state index is 0.00764. The minimum atomic E-state index is -1.14. The summed E-state index contributed by atoms with van der Waals surface area (Å²) in [5, 5.41) is 18.0. The van der Waals surface area contributed by atoms with Crippen molar-refractivity contribution in [1.82, 2.24) is 20.9 Å². The smallest absolute Gasteiger partial charge is 0.255 e. The van der Waals surface area contributed by atoms with Gasteiger partial charge in [0.05, 0.1) is 30.5 Å². The molecule has 1 fully saturated rings. The van der Waals surface area contributed by atoms with Crippen LogP contribution in [-0.2, 0) is 19.1 Å². The first-order valence-electron chi connectivity index (χ1n) is 12.4. The Morgan fingerprint density at radius 1 is 1.11 bits per heavy atom. The Labute approximate surface area is 210 Å².